The molecule has 4 fully saturated rings. The number of amides is 4. The third-order valence-electron chi connectivity index (χ3n) is 7.15. The molecule has 6 aliphatic rings. The fourth-order valence-electron chi connectivity index (χ4n) is 6.34. The Morgan fingerprint density at radius 1 is 0.692 bits per heavy atom. The van der Waals surface area contributed by atoms with E-state index in [1.807, 2.05) is 12.2 Å². The van der Waals surface area contributed by atoms with Crippen LogP contribution in [-0.4, -0.2) is 46.5 Å². The molecule has 26 heavy (non-hydrogen) atoms. The summed E-state index contributed by atoms with van der Waals surface area (Å²) in [6.07, 6.45) is 7.15. The molecule has 8 atom stereocenters. The van der Waals surface area contributed by atoms with Crippen molar-refractivity contribution in [3.63, 3.8) is 0 Å². The maximum absolute atomic E-state index is 12.9. The molecule has 0 radical (unpaired) electrons. The maximum Gasteiger partial charge on any atom is 0.234 e. The normalized spacial score (nSPS) is 44.8. The van der Waals surface area contributed by atoms with Crippen molar-refractivity contribution in [3.05, 3.63) is 37.5 Å². The van der Waals surface area contributed by atoms with Crippen LogP contribution in [0.3, 0.4) is 0 Å². The summed E-state index contributed by atoms with van der Waals surface area (Å²) in [5, 5.41) is 0. The molecular weight excluding hydrogens is 332 g/mol. The molecule has 0 aromatic carbocycles. The molecule has 2 heterocycles. The molecule has 6 rings (SSSR count). The molecule has 2 aliphatic heterocycles. The van der Waals surface area contributed by atoms with Crippen molar-refractivity contribution in [1.82, 2.24) is 9.80 Å². The Balaban J connectivity index is 1.53. The fraction of sp³-hybridized carbons (Fsp3) is 0.500. The predicted octanol–water partition coefficient (Wildman–Crippen LogP) is 0.623. The highest BCUT2D eigenvalue weighted by atomic mass is 16.2. The van der Waals surface area contributed by atoms with E-state index >= 15 is 0 Å². The van der Waals surface area contributed by atoms with Gasteiger partial charge in [0.1, 0.15) is 0 Å². The Hall–Kier alpha value is -2.50. The van der Waals surface area contributed by atoms with Crippen molar-refractivity contribution in [1.29, 1.82) is 0 Å². The average molecular weight is 352 g/mol. The lowest BCUT2D eigenvalue weighted by atomic mass is 9.40. The minimum atomic E-state index is -0.393. The van der Waals surface area contributed by atoms with Gasteiger partial charge in [0.25, 0.3) is 0 Å². The minimum absolute atomic E-state index is 0.0112. The van der Waals surface area contributed by atoms with Crippen LogP contribution in [0.15, 0.2) is 37.5 Å². The maximum atomic E-state index is 12.9. The van der Waals surface area contributed by atoms with Gasteiger partial charge >= 0.3 is 0 Å². The van der Waals surface area contributed by atoms with Crippen LogP contribution in [0, 0.1) is 47.3 Å². The van der Waals surface area contributed by atoms with Crippen LogP contribution in [0.25, 0.3) is 0 Å². The largest absolute Gasteiger partial charge is 0.278 e. The molecule has 6 heteroatoms. The summed E-state index contributed by atoms with van der Waals surface area (Å²) < 4.78 is 0. The number of carbonyl (C=O) groups excluding carboxylic acids is 4. The monoisotopic (exact) mass is 352 g/mol. The van der Waals surface area contributed by atoms with Crippen molar-refractivity contribution < 1.29 is 19.2 Å². The van der Waals surface area contributed by atoms with E-state index in [1.165, 1.54) is 9.80 Å². The van der Waals surface area contributed by atoms with Crippen LogP contribution in [0.5, 0.6) is 0 Å². The van der Waals surface area contributed by atoms with E-state index < -0.39 is 11.8 Å². The molecule has 0 spiro atoms. The zero-order chi connectivity index (χ0) is 18.3. The first-order valence-corrected chi connectivity index (χ1v) is 9.13. The second-order valence-corrected chi connectivity index (χ2v) is 7.95. The zero-order valence-electron chi connectivity index (χ0n) is 14.3. The molecule has 2 saturated heterocycles. The number of fused-ring (bicyclic) bond motifs is 1. The minimum Gasteiger partial charge on any atom is -0.278 e. The van der Waals surface area contributed by atoms with Gasteiger partial charge in [0.15, 0.2) is 0 Å². The molecule has 2 bridgehead atoms. The second kappa shape index (κ2) is 5.02. The van der Waals surface area contributed by atoms with Crippen molar-refractivity contribution in [2.45, 2.75) is 0 Å². The fourth-order valence-corrected chi connectivity index (χ4v) is 6.34. The number of likely N-dealkylation sites (tertiary alicyclic amines) is 2. The highest BCUT2D eigenvalue weighted by Gasteiger charge is 2.74. The Labute approximate surface area is 151 Å². The average Bonchev–Trinajstić information content (AvgIpc) is 2.97. The van der Waals surface area contributed by atoms with E-state index in [1.54, 1.807) is 12.2 Å². The summed E-state index contributed by atoms with van der Waals surface area (Å²) >= 11 is 0. The van der Waals surface area contributed by atoms with Crippen molar-refractivity contribution >= 4 is 23.6 Å². The zero-order valence-corrected chi connectivity index (χ0v) is 14.3. The summed E-state index contributed by atoms with van der Waals surface area (Å²) in [6, 6.07) is 0. The lowest BCUT2D eigenvalue weighted by Crippen LogP contribution is -2.63. The summed E-state index contributed by atoms with van der Waals surface area (Å²) in [6.45, 7) is 7.71. The van der Waals surface area contributed by atoms with Gasteiger partial charge in [0, 0.05) is 13.1 Å². The van der Waals surface area contributed by atoms with Gasteiger partial charge in [-0.05, 0) is 23.7 Å². The van der Waals surface area contributed by atoms with Crippen LogP contribution in [0.4, 0.5) is 0 Å². The SMILES string of the molecule is C=CCN1C(=O)[C@@H]2[C@@H](C1=O)[C@H]1[C@H]3C=C[C@H]([C@H]4C(=O)N(CC=C)C(=O)[C@@H]34)[C@H]21. The number of imide groups is 2. The summed E-state index contributed by atoms with van der Waals surface area (Å²) in [4.78, 5) is 53.8. The molecular formula is C20H20N2O4. The molecule has 0 aromatic heterocycles. The van der Waals surface area contributed by atoms with Gasteiger partial charge in [0.2, 0.25) is 23.6 Å². The Morgan fingerprint density at radius 2 is 1.04 bits per heavy atom. The molecule has 4 amide bonds. The standard InChI is InChI=1S/C20H20N2O4/c1-3-7-21-17(23)13-9-5-6-10(14(13)18(21)24)12-11(9)15-16(12)20(26)22(8-4-2)19(15)25/h3-6,9-16H,1-2,7-8H2/t9-,10+,11-,12-,13+,14-,15-,16-/m0/s1. The van der Waals surface area contributed by atoms with Gasteiger partial charge in [-0.25, -0.2) is 0 Å². The number of nitrogens with zero attached hydrogens (tertiary/aromatic N) is 2. The van der Waals surface area contributed by atoms with Gasteiger partial charge in [-0.3, -0.25) is 29.0 Å². The van der Waals surface area contributed by atoms with E-state index in [-0.39, 0.29) is 72.2 Å². The molecule has 134 valence electrons. The van der Waals surface area contributed by atoms with Crippen LogP contribution in [-0.2, 0) is 19.2 Å². The first-order chi connectivity index (χ1) is 12.5. The lowest BCUT2D eigenvalue weighted by Gasteiger charge is -2.60. The number of carbonyl (C=O) groups is 4. The Kier molecular flexibility index (Phi) is 3.04. The molecule has 2 saturated carbocycles. The van der Waals surface area contributed by atoms with Crippen LogP contribution >= 0.6 is 0 Å². The van der Waals surface area contributed by atoms with E-state index in [2.05, 4.69) is 13.2 Å². The predicted molar refractivity (Wildman–Crippen MR) is 90.9 cm³/mol. The van der Waals surface area contributed by atoms with E-state index in [0.29, 0.717) is 0 Å². The smallest absolute Gasteiger partial charge is 0.234 e. The van der Waals surface area contributed by atoms with Crippen LogP contribution in [0.2, 0.25) is 0 Å². The molecule has 0 N–H and O–H groups in total. The van der Waals surface area contributed by atoms with E-state index in [0.717, 1.165) is 0 Å². The van der Waals surface area contributed by atoms with Crippen molar-refractivity contribution in [2.24, 2.45) is 47.3 Å². The first-order valence-electron chi connectivity index (χ1n) is 9.13. The highest BCUT2D eigenvalue weighted by molar-refractivity contribution is 6.09. The second-order valence-electron chi connectivity index (χ2n) is 7.95. The number of allylic oxidation sites excluding steroid dienone is 2. The van der Waals surface area contributed by atoms with Crippen LogP contribution in [0.1, 0.15) is 0 Å². The summed E-state index contributed by atoms with van der Waals surface area (Å²) in [5.41, 5.74) is 0. The lowest BCUT2D eigenvalue weighted by molar-refractivity contribution is -0.166. The van der Waals surface area contributed by atoms with Gasteiger partial charge in [-0.2, -0.15) is 0 Å². The number of hydrogen-bond donors (Lipinski definition) is 0. The Morgan fingerprint density at radius 3 is 1.38 bits per heavy atom. The van der Waals surface area contributed by atoms with Crippen LogP contribution < -0.4 is 0 Å². The molecule has 6 nitrogen and oxygen atoms in total. The van der Waals surface area contributed by atoms with Gasteiger partial charge < -0.3 is 0 Å². The van der Waals surface area contributed by atoms with E-state index in [9.17, 15) is 19.2 Å². The molecule has 0 aromatic rings. The summed E-state index contributed by atoms with van der Waals surface area (Å²) in [5.74, 6) is -2.35. The quantitative estimate of drug-likeness (QED) is 0.549. The van der Waals surface area contributed by atoms with Crippen molar-refractivity contribution in [2.75, 3.05) is 13.1 Å². The third-order valence-corrected chi connectivity index (χ3v) is 7.15. The van der Waals surface area contributed by atoms with E-state index in [4.69, 9.17) is 0 Å². The highest BCUT2D eigenvalue weighted by Crippen LogP contribution is 2.68. The number of hydrogen-bond acceptors (Lipinski definition) is 4. The van der Waals surface area contributed by atoms with Gasteiger partial charge in [-0.15, -0.1) is 13.2 Å². The third kappa shape index (κ3) is 1.54. The van der Waals surface area contributed by atoms with Gasteiger partial charge in [-0.1, -0.05) is 24.3 Å². The van der Waals surface area contributed by atoms with Crippen molar-refractivity contribution in [3.8, 4) is 0 Å². The number of rotatable bonds is 4. The molecule has 4 aliphatic carbocycles. The van der Waals surface area contributed by atoms with Gasteiger partial charge in [0.05, 0.1) is 23.7 Å². The Bertz CT molecular complexity index is 759. The molecule has 0 unspecified atom stereocenters. The topological polar surface area (TPSA) is 74.8 Å². The first kappa shape index (κ1) is 15.7. The summed E-state index contributed by atoms with van der Waals surface area (Å²) in [7, 11) is 0.